The summed E-state index contributed by atoms with van der Waals surface area (Å²) in [6.07, 6.45) is -4.27. The average molecular weight is 287 g/mol. The zero-order valence-corrected chi connectivity index (χ0v) is 10.5. The monoisotopic (exact) mass is 287 g/mol. The zero-order chi connectivity index (χ0) is 15.2. The van der Waals surface area contributed by atoms with E-state index < -0.39 is 17.6 Å². The summed E-state index contributed by atoms with van der Waals surface area (Å²) in [5.74, 6) is -0.529. The lowest BCUT2D eigenvalue weighted by molar-refractivity contribution is -0.137. The molecule has 108 valence electrons. The fourth-order valence-corrected chi connectivity index (χ4v) is 1.39. The van der Waals surface area contributed by atoms with E-state index in [4.69, 9.17) is 0 Å². The fraction of sp³-hybridized carbons (Fsp3) is 0.250. The standard InChI is InChI=1S/C12H12F3N3O2/c1-8(18-16-7-19)5-11(20)17-10-4-2-3-9(6-10)12(13,14)15/h2-4,6-7H,5H2,1H3,(H,16,19)(H,17,20)/b18-8-. The molecule has 0 aliphatic carbocycles. The molecule has 0 heterocycles. The van der Waals surface area contributed by atoms with Crippen LogP contribution in [0, 0.1) is 0 Å². The van der Waals surface area contributed by atoms with E-state index in [1.54, 1.807) is 0 Å². The molecule has 0 saturated carbocycles. The van der Waals surface area contributed by atoms with Crippen LogP contribution in [-0.4, -0.2) is 18.0 Å². The summed E-state index contributed by atoms with van der Waals surface area (Å²) in [4.78, 5) is 21.6. The minimum absolute atomic E-state index is 0.0426. The second-order valence-corrected chi connectivity index (χ2v) is 3.90. The van der Waals surface area contributed by atoms with Crippen molar-refractivity contribution in [3.8, 4) is 0 Å². The van der Waals surface area contributed by atoms with Crippen molar-refractivity contribution < 1.29 is 22.8 Å². The number of carbonyl (C=O) groups excluding carboxylic acids is 2. The third-order valence-corrected chi connectivity index (χ3v) is 2.20. The highest BCUT2D eigenvalue weighted by atomic mass is 19.4. The first kappa shape index (κ1) is 15.7. The summed E-state index contributed by atoms with van der Waals surface area (Å²) < 4.78 is 37.4. The molecule has 0 bridgehead atoms. The first-order valence-corrected chi connectivity index (χ1v) is 5.52. The molecule has 0 atom stereocenters. The Labute approximate surface area is 112 Å². The van der Waals surface area contributed by atoms with E-state index in [0.29, 0.717) is 12.1 Å². The van der Waals surface area contributed by atoms with E-state index >= 15 is 0 Å². The maximum absolute atomic E-state index is 12.5. The molecule has 0 aliphatic rings. The molecule has 0 aliphatic heterocycles. The van der Waals surface area contributed by atoms with Gasteiger partial charge in [0.25, 0.3) is 0 Å². The minimum Gasteiger partial charge on any atom is -0.326 e. The number of halogens is 3. The molecule has 20 heavy (non-hydrogen) atoms. The molecule has 2 N–H and O–H groups in total. The largest absolute Gasteiger partial charge is 0.416 e. The van der Waals surface area contributed by atoms with Crippen molar-refractivity contribution in [3.63, 3.8) is 0 Å². The van der Waals surface area contributed by atoms with Crippen LogP contribution in [0.15, 0.2) is 29.4 Å². The van der Waals surface area contributed by atoms with Crippen molar-refractivity contribution in [1.29, 1.82) is 0 Å². The number of alkyl halides is 3. The molecule has 1 aromatic rings. The number of nitrogens with one attached hydrogen (secondary N) is 2. The number of hydrazone groups is 1. The minimum atomic E-state index is -4.47. The Bertz CT molecular complexity index is 527. The normalized spacial score (nSPS) is 11.9. The Morgan fingerprint density at radius 3 is 2.70 bits per heavy atom. The van der Waals surface area contributed by atoms with E-state index in [0.717, 1.165) is 12.1 Å². The Balaban J connectivity index is 2.69. The molecule has 0 spiro atoms. The third kappa shape index (κ3) is 5.09. The quantitative estimate of drug-likeness (QED) is 0.495. The lowest BCUT2D eigenvalue weighted by atomic mass is 10.2. The van der Waals surface area contributed by atoms with Gasteiger partial charge in [-0.05, 0) is 25.1 Å². The molecule has 1 rings (SSSR count). The first-order valence-electron chi connectivity index (χ1n) is 5.52. The molecular formula is C12H12F3N3O2. The number of hydrogen-bond donors (Lipinski definition) is 2. The van der Waals surface area contributed by atoms with Gasteiger partial charge in [0.1, 0.15) is 0 Å². The second kappa shape index (κ2) is 6.69. The number of hydrogen-bond acceptors (Lipinski definition) is 3. The Morgan fingerprint density at radius 1 is 1.40 bits per heavy atom. The predicted molar refractivity (Wildman–Crippen MR) is 67.0 cm³/mol. The molecule has 5 nitrogen and oxygen atoms in total. The van der Waals surface area contributed by atoms with Crippen LogP contribution in [0.25, 0.3) is 0 Å². The number of nitrogens with zero attached hydrogens (tertiary/aromatic N) is 1. The maximum atomic E-state index is 12.5. The van der Waals surface area contributed by atoms with Crippen LogP contribution in [0.1, 0.15) is 18.9 Å². The number of amides is 2. The van der Waals surface area contributed by atoms with Crippen molar-refractivity contribution in [3.05, 3.63) is 29.8 Å². The van der Waals surface area contributed by atoms with Gasteiger partial charge in [0.05, 0.1) is 12.0 Å². The Morgan fingerprint density at radius 2 is 2.10 bits per heavy atom. The summed E-state index contributed by atoms with van der Waals surface area (Å²) in [5, 5.41) is 5.86. The molecule has 0 saturated heterocycles. The highest BCUT2D eigenvalue weighted by Gasteiger charge is 2.30. The topological polar surface area (TPSA) is 70.6 Å². The summed E-state index contributed by atoms with van der Waals surface area (Å²) in [5.41, 5.74) is 1.54. The highest BCUT2D eigenvalue weighted by Crippen LogP contribution is 2.30. The molecule has 0 aromatic heterocycles. The van der Waals surface area contributed by atoms with E-state index in [9.17, 15) is 22.8 Å². The summed E-state index contributed by atoms with van der Waals surface area (Å²) in [6, 6.07) is 4.31. The Kier molecular flexibility index (Phi) is 5.24. The van der Waals surface area contributed by atoms with Crippen LogP contribution in [0.3, 0.4) is 0 Å². The fourth-order valence-electron chi connectivity index (χ4n) is 1.39. The van der Waals surface area contributed by atoms with Gasteiger partial charge in [-0.1, -0.05) is 6.07 Å². The molecule has 2 amide bonds. The highest BCUT2D eigenvalue weighted by molar-refractivity contribution is 6.05. The molecule has 1 aromatic carbocycles. The number of benzene rings is 1. The van der Waals surface area contributed by atoms with E-state index in [-0.39, 0.29) is 12.1 Å². The van der Waals surface area contributed by atoms with Crippen molar-refractivity contribution >= 4 is 23.7 Å². The number of carbonyl (C=O) groups is 2. The van der Waals surface area contributed by atoms with Gasteiger partial charge >= 0.3 is 6.18 Å². The molecule has 0 radical (unpaired) electrons. The van der Waals surface area contributed by atoms with Crippen molar-refractivity contribution in [2.75, 3.05) is 5.32 Å². The summed E-state index contributed by atoms with van der Waals surface area (Å²) >= 11 is 0. The first-order chi connectivity index (χ1) is 9.32. The van der Waals surface area contributed by atoms with Crippen LogP contribution in [0.4, 0.5) is 18.9 Å². The van der Waals surface area contributed by atoms with Crippen molar-refractivity contribution in [1.82, 2.24) is 5.43 Å². The maximum Gasteiger partial charge on any atom is 0.416 e. The summed E-state index contributed by atoms with van der Waals surface area (Å²) in [7, 11) is 0. The van der Waals surface area contributed by atoms with E-state index in [1.165, 1.54) is 19.1 Å². The average Bonchev–Trinajstić information content (AvgIpc) is 2.35. The van der Waals surface area contributed by atoms with Gasteiger partial charge < -0.3 is 5.32 Å². The van der Waals surface area contributed by atoms with Crippen molar-refractivity contribution in [2.24, 2.45) is 5.10 Å². The molecule has 0 fully saturated rings. The van der Waals surface area contributed by atoms with Gasteiger partial charge in [-0.2, -0.15) is 18.3 Å². The second-order valence-electron chi connectivity index (χ2n) is 3.90. The smallest absolute Gasteiger partial charge is 0.326 e. The van der Waals surface area contributed by atoms with Gasteiger partial charge in [-0.25, -0.2) is 5.43 Å². The number of rotatable bonds is 5. The lowest BCUT2D eigenvalue weighted by Crippen LogP contribution is -2.17. The predicted octanol–water partition coefficient (Wildman–Crippen LogP) is 2.16. The van der Waals surface area contributed by atoms with Gasteiger partial charge in [-0.15, -0.1) is 0 Å². The van der Waals surface area contributed by atoms with Crippen LogP contribution in [0.5, 0.6) is 0 Å². The molecule has 8 heteroatoms. The van der Waals surface area contributed by atoms with E-state index in [1.807, 2.05) is 5.43 Å². The molecular weight excluding hydrogens is 275 g/mol. The van der Waals surface area contributed by atoms with Gasteiger partial charge in [-0.3, -0.25) is 9.59 Å². The molecule has 0 unspecified atom stereocenters. The Hall–Kier alpha value is -2.38. The zero-order valence-electron chi connectivity index (χ0n) is 10.5. The summed E-state index contributed by atoms with van der Waals surface area (Å²) in [6.45, 7) is 1.50. The van der Waals surface area contributed by atoms with E-state index in [2.05, 4.69) is 10.4 Å². The van der Waals surface area contributed by atoms with Crippen LogP contribution in [-0.2, 0) is 15.8 Å². The van der Waals surface area contributed by atoms with Crippen molar-refractivity contribution in [2.45, 2.75) is 19.5 Å². The number of anilines is 1. The van der Waals surface area contributed by atoms with Gasteiger partial charge in [0, 0.05) is 11.4 Å². The third-order valence-electron chi connectivity index (χ3n) is 2.20. The van der Waals surface area contributed by atoms with Gasteiger partial charge in [0.2, 0.25) is 12.3 Å². The lowest BCUT2D eigenvalue weighted by Gasteiger charge is -2.09. The van der Waals surface area contributed by atoms with Crippen LogP contribution in [0.2, 0.25) is 0 Å². The SMILES string of the molecule is C/C(CC(=O)Nc1cccc(C(F)(F)F)c1)=N/NC=O. The van der Waals surface area contributed by atoms with Gasteiger partial charge in [0.15, 0.2) is 0 Å². The van der Waals surface area contributed by atoms with Crippen LogP contribution >= 0.6 is 0 Å². The van der Waals surface area contributed by atoms with Crippen LogP contribution < -0.4 is 10.7 Å².